The molecule has 0 aliphatic heterocycles. The summed E-state index contributed by atoms with van der Waals surface area (Å²) in [4.78, 5) is 8.31. The van der Waals surface area contributed by atoms with Crippen molar-refractivity contribution in [3.05, 3.63) is 38.0 Å². The predicted molar refractivity (Wildman–Crippen MR) is 72.2 cm³/mol. The first kappa shape index (κ1) is 11.3. The van der Waals surface area contributed by atoms with Crippen LogP contribution in [0.2, 0.25) is 0 Å². The van der Waals surface area contributed by atoms with Gasteiger partial charge < -0.3 is 0 Å². The molecule has 0 spiro atoms. The van der Waals surface area contributed by atoms with Crippen LogP contribution in [0.4, 0.5) is 0 Å². The summed E-state index contributed by atoms with van der Waals surface area (Å²) in [5, 5.41) is 0. The van der Waals surface area contributed by atoms with Crippen LogP contribution in [0.1, 0.15) is 32.7 Å². The van der Waals surface area contributed by atoms with Crippen LogP contribution in [0.25, 0.3) is 0 Å². The van der Waals surface area contributed by atoms with Gasteiger partial charge in [0.15, 0.2) is 0 Å². The maximum atomic E-state index is 5.68. The summed E-state index contributed by atoms with van der Waals surface area (Å²) in [5.41, 5.74) is 6.34. The Hall–Kier alpha value is -0.750. The fraction of sp³-hybridized carbons (Fsp3) is 0.417. The molecule has 1 unspecified atom stereocenters. The molecular formula is C12H15N3S2. The van der Waals surface area contributed by atoms with E-state index in [9.17, 15) is 0 Å². The van der Waals surface area contributed by atoms with Gasteiger partial charge in [0.05, 0.1) is 11.6 Å². The van der Waals surface area contributed by atoms with Crippen molar-refractivity contribution in [2.75, 3.05) is 0 Å². The van der Waals surface area contributed by atoms with E-state index in [0.717, 1.165) is 6.42 Å². The van der Waals surface area contributed by atoms with Crippen molar-refractivity contribution in [3.63, 3.8) is 0 Å². The van der Waals surface area contributed by atoms with Gasteiger partial charge in [-0.1, -0.05) is 0 Å². The molecule has 0 fully saturated rings. The minimum absolute atomic E-state index is 0.228. The summed E-state index contributed by atoms with van der Waals surface area (Å²) < 4.78 is 0. The third-order valence-electron chi connectivity index (χ3n) is 3.20. The fourth-order valence-corrected chi connectivity index (χ4v) is 4.27. The first-order valence-corrected chi connectivity index (χ1v) is 7.51. The topological polar surface area (TPSA) is 50.9 Å². The van der Waals surface area contributed by atoms with Gasteiger partial charge in [0, 0.05) is 27.2 Å². The molecule has 0 bridgehead atoms. The lowest BCUT2D eigenvalue weighted by Gasteiger charge is -2.12. The Kier molecular flexibility index (Phi) is 3.24. The number of rotatable bonds is 4. The first-order chi connectivity index (χ1) is 8.36. The second kappa shape index (κ2) is 4.86. The summed E-state index contributed by atoms with van der Waals surface area (Å²) in [7, 11) is 0. The Bertz CT molecular complexity index is 468. The minimum Gasteiger partial charge on any atom is -0.271 e. The lowest BCUT2D eigenvalue weighted by atomic mass is 10.1. The molecule has 17 heavy (non-hydrogen) atoms. The van der Waals surface area contributed by atoms with E-state index in [4.69, 9.17) is 5.84 Å². The molecule has 1 atom stereocenters. The normalized spacial score (nSPS) is 16.1. The van der Waals surface area contributed by atoms with Gasteiger partial charge in [-0.3, -0.25) is 16.3 Å². The summed E-state index contributed by atoms with van der Waals surface area (Å²) >= 11 is 3.61. The molecule has 1 aliphatic carbocycles. The number of nitrogens with two attached hydrogens (primary N) is 1. The molecule has 3 rings (SSSR count). The van der Waals surface area contributed by atoms with Crippen molar-refractivity contribution >= 4 is 22.7 Å². The zero-order valence-electron chi connectivity index (χ0n) is 9.48. The summed E-state index contributed by atoms with van der Waals surface area (Å²) in [5.74, 6) is 5.68. The van der Waals surface area contributed by atoms with Gasteiger partial charge in [-0.2, -0.15) is 0 Å². The average molecular weight is 265 g/mol. The van der Waals surface area contributed by atoms with Crippen LogP contribution < -0.4 is 11.3 Å². The number of thiazole rings is 1. The Morgan fingerprint density at radius 3 is 3.12 bits per heavy atom. The maximum absolute atomic E-state index is 5.68. The molecule has 2 aromatic heterocycles. The van der Waals surface area contributed by atoms with E-state index < -0.39 is 0 Å². The van der Waals surface area contributed by atoms with Gasteiger partial charge in [-0.15, -0.1) is 22.7 Å². The summed E-state index contributed by atoms with van der Waals surface area (Å²) in [6.45, 7) is 0. The number of nitrogens with one attached hydrogen (secondary N) is 1. The lowest BCUT2D eigenvalue weighted by molar-refractivity contribution is 0.563. The van der Waals surface area contributed by atoms with Gasteiger partial charge >= 0.3 is 0 Å². The number of thiophene rings is 1. The van der Waals surface area contributed by atoms with E-state index in [2.05, 4.69) is 16.5 Å². The van der Waals surface area contributed by atoms with E-state index in [-0.39, 0.29) is 6.04 Å². The van der Waals surface area contributed by atoms with Gasteiger partial charge in [-0.05, 0) is 30.9 Å². The zero-order valence-corrected chi connectivity index (χ0v) is 11.1. The molecule has 0 radical (unpaired) electrons. The molecular weight excluding hydrogens is 250 g/mol. The second-order valence-corrected chi connectivity index (χ2v) is 6.48. The number of aromatic nitrogens is 1. The van der Waals surface area contributed by atoms with Crippen LogP contribution >= 0.6 is 22.7 Å². The van der Waals surface area contributed by atoms with Gasteiger partial charge in [0.25, 0.3) is 0 Å². The van der Waals surface area contributed by atoms with Crippen molar-refractivity contribution in [1.82, 2.24) is 10.4 Å². The molecule has 2 heterocycles. The van der Waals surface area contributed by atoms with Crippen molar-refractivity contribution in [2.45, 2.75) is 31.7 Å². The van der Waals surface area contributed by atoms with Crippen molar-refractivity contribution in [3.8, 4) is 0 Å². The number of hydrogen-bond donors (Lipinski definition) is 2. The molecule has 0 amide bonds. The highest BCUT2D eigenvalue weighted by Gasteiger charge is 2.20. The number of fused-ring (bicyclic) bond motifs is 1. The van der Waals surface area contributed by atoms with Crippen LogP contribution in [0.5, 0.6) is 0 Å². The molecule has 1 aliphatic rings. The number of hydrogen-bond acceptors (Lipinski definition) is 5. The highest BCUT2D eigenvalue weighted by molar-refractivity contribution is 7.12. The second-order valence-electron chi connectivity index (χ2n) is 4.34. The van der Waals surface area contributed by atoms with Gasteiger partial charge in [0.1, 0.15) is 0 Å². The van der Waals surface area contributed by atoms with E-state index in [1.165, 1.54) is 34.6 Å². The van der Waals surface area contributed by atoms with E-state index in [1.54, 1.807) is 16.2 Å². The third kappa shape index (κ3) is 2.28. The fourth-order valence-electron chi connectivity index (χ4n) is 2.31. The zero-order chi connectivity index (χ0) is 11.7. The maximum Gasteiger partial charge on any atom is 0.0794 e. The lowest BCUT2D eigenvalue weighted by Crippen LogP contribution is -2.28. The Morgan fingerprint density at radius 2 is 2.41 bits per heavy atom. The molecule has 2 aromatic rings. The van der Waals surface area contributed by atoms with E-state index in [1.807, 2.05) is 23.0 Å². The van der Waals surface area contributed by atoms with Crippen molar-refractivity contribution < 1.29 is 0 Å². The third-order valence-corrected chi connectivity index (χ3v) is 5.35. The summed E-state index contributed by atoms with van der Waals surface area (Å²) in [6, 6.07) is 2.56. The average Bonchev–Trinajstić information content (AvgIpc) is 3.01. The summed E-state index contributed by atoms with van der Waals surface area (Å²) in [6.07, 6.45) is 6.66. The molecule has 3 nitrogen and oxygen atoms in total. The number of aryl methyl sites for hydroxylation is 2. The van der Waals surface area contributed by atoms with Gasteiger partial charge in [0.2, 0.25) is 0 Å². The van der Waals surface area contributed by atoms with Gasteiger partial charge in [-0.25, -0.2) is 0 Å². The Balaban J connectivity index is 1.80. The van der Waals surface area contributed by atoms with Crippen molar-refractivity contribution in [1.29, 1.82) is 0 Å². The minimum atomic E-state index is 0.228. The molecule has 90 valence electrons. The number of nitrogens with zero attached hydrogens (tertiary/aromatic N) is 1. The molecule has 5 heteroatoms. The van der Waals surface area contributed by atoms with Crippen LogP contribution in [-0.2, 0) is 19.3 Å². The van der Waals surface area contributed by atoms with E-state index in [0.29, 0.717) is 0 Å². The molecule has 0 saturated heterocycles. The monoisotopic (exact) mass is 265 g/mol. The van der Waals surface area contributed by atoms with Crippen molar-refractivity contribution in [2.24, 2.45) is 5.84 Å². The smallest absolute Gasteiger partial charge is 0.0794 e. The standard InChI is InChI=1S/C12H15N3S2/c13-15-10(5-9-6-14-7-16-9)12-4-8-2-1-3-11(8)17-12/h4,6-7,10,15H,1-3,5,13H2. The highest BCUT2D eigenvalue weighted by Crippen LogP contribution is 2.34. The molecule has 0 aromatic carbocycles. The Morgan fingerprint density at radius 1 is 1.47 bits per heavy atom. The predicted octanol–water partition coefficient (Wildman–Crippen LogP) is 2.44. The molecule has 0 saturated carbocycles. The van der Waals surface area contributed by atoms with Crippen LogP contribution in [0.15, 0.2) is 17.8 Å². The van der Waals surface area contributed by atoms with Crippen LogP contribution in [-0.4, -0.2) is 4.98 Å². The SMILES string of the molecule is NNC(Cc1cncs1)c1cc2c(s1)CCC2. The quantitative estimate of drug-likeness (QED) is 0.659. The highest BCUT2D eigenvalue weighted by atomic mass is 32.1. The first-order valence-electron chi connectivity index (χ1n) is 5.82. The largest absolute Gasteiger partial charge is 0.271 e. The van der Waals surface area contributed by atoms with Crippen LogP contribution in [0, 0.1) is 0 Å². The Labute approximate surface area is 109 Å². The van der Waals surface area contributed by atoms with Crippen LogP contribution in [0.3, 0.4) is 0 Å². The molecule has 3 N–H and O–H groups in total. The van der Waals surface area contributed by atoms with E-state index >= 15 is 0 Å². The number of hydrazine groups is 1.